The Morgan fingerprint density at radius 2 is 2.07 bits per heavy atom. The fraction of sp³-hybridized carbons (Fsp3) is 0.0870. The van der Waals surface area contributed by atoms with Crippen LogP contribution >= 0.6 is 0 Å². The predicted octanol–water partition coefficient (Wildman–Crippen LogP) is 4.39. The molecule has 0 radical (unpaired) electrons. The number of rotatable bonds is 6. The normalized spacial score (nSPS) is 11.0. The van der Waals surface area contributed by atoms with Crippen LogP contribution in [0.4, 0.5) is 5.69 Å². The zero-order valence-electron chi connectivity index (χ0n) is 15.7. The van der Waals surface area contributed by atoms with Gasteiger partial charge in [0.15, 0.2) is 0 Å². The molecule has 0 atom stereocenters. The van der Waals surface area contributed by atoms with Crippen LogP contribution in [0.5, 0.6) is 0 Å². The lowest BCUT2D eigenvalue weighted by atomic mass is 10.1. The number of nitrogens with zero attached hydrogens (tertiary/aromatic N) is 4. The minimum atomic E-state index is -0.212. The van der Waals surface area contributed by atoms with E-state index >= 15 is 0 Å². The van der Waals surface area contributed by atoms with E-state index in [1.807, 2.05) is 71.6 Å². The van der Waals surface area contributed by atoms with Gasteiger partial charge in [-0.1, -0.05) is 24.3 Å². The Balaban J connectivity index is 1.52. The molecule has 142 valence electrons. The molecule has 0 aliphatic heterocycles. The van der Waals surface area contributed by atoms with Gasteiger partial charge in [0, 0.05) is 53.4 Å². The Labute approximate surface area is 168 Å². The van der Waals surface area contributed by atoms with E-state index in [-0.39, 0.29) is 5.91 Å². The van der Waals surface area contributed by atoms with Crippen LogP contribution in [0.15, 0.2) is 79.3 Å². The Morgan fingerprint density at radius 3 is 2.90 bits per heavy atom. The van der Waals surface area contributed by atoms with Crippen LogP contribution in [-0.2, 0) is 11.3 Å². The molecular formula is C23H19N5O. The van der Waals surface area contributed by atoms with Crippen LogP contribution in [0.1, 0.15) is 12.0 Å². The summed E-state index contributed by atoms with van der Waals surface area (Å²) < 4.78 is 3.78. The first kappa shape index (κ1) is 18.3. The second-order valence-electron chi connectivity index (χ2n) is 6.53. The van der Waals surface area contributed by atoms with Crippen LogP contribution in [0.3, 0.4) is 0 Å². The molecule has 6 heteroatoms. The molecule has 0 aliphatic carbocycles. The fourth-order valence-electron chi connectivity index (χ4n) is 3.26. The number of hydrogen-bond acceptors (Lipinski definition) is 3. The second-order valence-corrected chi connectivity index (χ2v) is 6.53. The third kappa shape index (κ3) is 4.09. The zero-order chi connectivity index (χ0) is 20.1. The smallest absolute Gasteiger partial charge is 0.248 e. The van der Waals surface area contributed by atoms with Gasteiger partial charge in [-0.25, -0.2) is 4.68 Å². The van der Waals surface area contributed by atoms with Crippen molar-refractivity contribution in [3.63, 3.8) is 0 Å². The van der Waals surface area contributed by atoms with Crippen LogP contribution in [0.2, 0.25) is 0 Å². The molecule has 0 saturated heterocycles. The fourth-order valence-corrected chi connectivity index (χ4v) is 3.26. The Morgan fingerprint density at radius 1 is 1.17 bits per heavy atom. The van der Waals surface area contributed by atoms with E-state index < -0.39 is 0 Å². The van der Waals surface area contributed by atoms with Gasteiger partial charge in [-0.3, -0.25) is 4.79 Å². The third-order valence-corrected chi connectivity index (χ3v) is 4.58. The Kier molecular flexibility index (Phi) is 5.21. The van der Waals surface area contributed by atoms with E-state index in [2.05, 4.69) is 16.5 Å². The summed E-state index contributed by atoms with van der Waals surface area (Å²) in [6.07, 6.45) is 9.30. The van der Waals surface area contributed by atoms with Gasteiger partial charge in [-0.2, -0.15) is 10.4 Å². The molecule has 0 aliphatic rings. The number of fused-ring (bicyclic) bond motifs is 1. The van der Waals surface area contributed by atoms with E-state index in [4.69, 9.17) is 5.26 Å². The first-order chi connectivity index (χ1) is 14.2. The predicted molar refractivity (Wildman–Crippen MR) is 113 cm³/mol. The monoisotopic (exact) mass is 381 g/mol. The molecule has 2 aromatic heterocycles. The maximum absolute atomic E-state index is 12.4. The maximum Gasteiger partial charge on any atom is 0.248 e. The van der Waals surface area contributed by atoms with Crippen LogP contribution in [-0.4, -0.2) is 20.3 Å². The van der Waals surface area contributed by atoms with Crippen molar-refractivity contribution in [1.29, 1.82) is 5.26 Å². The van der Waals surface area contributed by atoms with Crippen molar-refractivity contribution >= 4 is 28.6 Å². The van der Waals surface area contributed by atoms with Gasteiger partial charge in [0.25, 0.3) is 0 Å². The molecule has 4 aromatic rings. The molecule has 2 aromatic carbocycles. The summed E-state index contributed by atoms with van der Waals surface area (Å²) in [7, 11) is 0. The molecule has 1 amide bonds. The van der Waals surface area contributed by atoms with Crippen molar-refractivity contribution in [2.24, 2.45) is 0 Å². The highest BCUT2D eigenvalue weighted by molar-refractivity contribution is 6.03. The standard InChI is InChI=1S/C23H19N5O/c24-12-4-14-27-17-18(21-8-1-2-9-22(21)27)10-11-23(29)26-19-6-3-7-20(16-19)28-15-5-13-25-28/h1-3,5-11,13,15-17H,4,14H2,(H,26,29). The second kappa shape index (κ2) is 8.28. The molecule has 6 nitrogen and oxygen atoms in total. The maximum atomic E-state index is 12.4. The molecule has 0 spiro atoms. The summed E-state index contributed by atoms with van der Waals surface area (Å²) in [6.45, 7) is 0.622. The van der Waals surface area contributed by atoms with Crippen molar-refractivity contribution in [2.75, 3.05) is 5.32 Å². The number of nitriles is 1. The number of nitrogens with one attached hydrogen (secondary N) is 1. The van der Waals surface area contributed by atoms with Crippen molar-refractivity contribution in [3.05, 3.63) is 84.8 Å². The Hall–Kier alpha value is -4.11. The van der Waals surface area contributed by atoms with Gasteiger partial charge < -0.3 is 9.88 Å². The summed E-state index contributed by atoms with van der Waals surface area (Å²) in [5, 5.41) is 17.0. The summed E-state index contributed by atoms with van der Waals surface area (Å²) in [5.41, 5.74) is 3.56. The van der Waals surface area contributed by atoms with E-state index in [9.17, 15) is 4.79 Å². The highest BCUT2D eigenvalue weighted by Gasteiger charge is 2.07. The molecule has 0 fully saturated rings. The molecule has 0 unspecified atom stereocenters. The minimum absolute atomic E-state index is 0.212. The van der Waals surface area contributed by atoms with Crippen molar-refractivity contribution in [1.82, 2.24) is 14.3 Å². The largest absolute Gasteiger partial charge is 0.346 e. The van der Waals surface area contributed by atoms with E-state index in [0.29, 0.717) is 18.7 Å². The SMILES string of the molecule is N#CCCn1cc(C=CC(=O)Nc2cccc(-n3cccn3)c2)c2ccccc21. The lowest BCUT2D eigenvalue weighted by Gasteiger charge is -2.05. The highest BCUT2D eigenvalue weighted by atomic mass is 16.1. The van der Waals surface area contributed by atoms with Gasteiger partial charge in [0.05, 0.1) is 18.2 Å². The Bertz CT molecular complexity index is 1210. The van der Waals surface area contributed by atoms with Gasteiger partial charge >= 0.3 is 0 Å². The molecule has 0 saturated carbocycles. The number of carbonyl (C=O) groups is 1. The number of aryl methyl sites for hydroxylation is 1. The molecule has 4 rings (SSSR count). The lowest BCUT2D eigenvalue weighted by molar-refractivity contribution is -0.111. The van der Waals surface area contributed by atoms with Gasteiger partial charge in [0.2, 0.25) is 5.91 Å². The van der Waals surface area contributed by atoms with Gasteiger partial charge in [-0.05, 0) is 36.4 Å². The minimum Gasteiger partial charge on any atom is -0.346 e. The number of anilines is 1. The average Bonchev–Trinajstić information content (AvgIpc) is 3.40. The number of para-hydroxylation sites is 1. The summed E-state index contributed by atoms with van der Waals surface area (Å²) in [6, 6.07) is 19.5. The lowest BCUT2D eigenvalue weighted by Crippen LogP contribution is -2.08. The van der Waals surface area contributed by atoms with Crippen LogP contribution in [0, 0.1) is 11.3 Å². The molecule has 2 heterocycles. The number of benzene rings is 2. The van der Waals surface area contributed by atoms with E-state index in [1.54, 1.807) is 17.0 Å². The van der Waals surface area contributed by atoms with Crippen molar-refractivity contribution in [3.8, 4) is 11.8 Å². The molecule has 0 bridgehead atoms. The third-order valence-electron chi connectivity index (χ3n) is 4.58. The molecule has 1 N–H and O–H groups in total. The number of carbonyl (C=O) groups excluding carboxylic acids is 1. The summed E-state index contributed by atoms with van der Waals surface area (Å²) in [5.74, 6) is -0.212. The van der Waals surface area contributed by atoms with E-state index in [0.717, 1.165) is 22.2 Å². The van der Waals surface area contributed by atoms with Gasteiger partial charge in [0.1, 0.15) is 0 Å². The quantitative estimate of drug-likeness (QED) is 0.503. The number of hydrogen-bond donors (Lipinski definition) is 1. The zero-order valence-corrected chi connectivity index (χ0v) is 15.7. The summed E-state index contributed by atoms with van der Waals surface area (Å²) in [4.78, 5) is 12.4. The first-order valence-electron chi connectivity index (χ1n) is 9.28. The summed E-state index contributed by atoms with van der Waals surface area (Å²) >= 11 is 0. The number of aromatic nitrogens is 3. The van der Waals surface area contributed by atoms with Crippen molar-refractivity contribution in [2.45, 2.75) is 13.0 Å². The number of amides is 1. The molecule has 29 heavy (non-hydrogen) atoms. The first-order valence-corrected chi connectivity index (χ1v) is 9.28. The highest BCUT2D eigenvalue weighted by Crippen LogP contribution is 2.23. The van der Waals surface area contributed by atoms with Crippen LogP contribution in [0.25, 0.3) is 22.7 Å². The molecular weight excluding hydrogens is 362 g/mol. The van der Waals surface area contributed by atoms with Crippen molar-refractivity contribution < 1.29 is 4.79 Å². The topological polar surface area (TPSA) is 75.6 Å². The average molecular weight is 381 g/mol. The van der Waals surface area contributed by atoms with Gasteiger partial charge in [-0.15, -0.1) is 0 Å². The van der Waals surface area contributed by atoms with Crippen LogP contribution < -0.4 is 5.32 Å². The van der Waals surface area contributed by atoms with E-state index in [1.165, 1.54) is 6.08 Å².